The van der Waals surface area contributed by atoms with Crippen molar-refractivity contribution in [3.63, 3.8) is 0 Å². The van der Waals surface area contributed by atoms with E-state index in [1.54, 1.807) is 24.3 Å². The number of amides is 4. The maximum absolute atomic E-state index is 13.2. The molecule has 1 aromatic heterocycles. The van der Waals surface area contributed by atoms with Gasteiger partial charge in [0.2, 0.25) is 5.91 Å². The SMILES string of the molecule is COC(=O)c1csc(NC(=O)[C@H](CC(C)C)N2C(=O)NC(c3ccccc3OC)C2=O)n1. The minimum atomic E-state index is -1.06. The molecule has 1 saturated heterocycles. The van der Waals surface area contributed by atoms with Gasteiger partial charge in [-0.05, 0) is 18.4 Å². The molecule has 1 fully saturated rings. The molecule has 10 nitrogen and oxygen atoms in total. The van der Waals surface area contributed by atoms with Crippen LogP contribution in [0.3, 0.4) is 0 Å². The molecular formula is C21H24N4O6S. The number of hydrogen-bond acceptors (Lipinski definition) is 8. The zero-order chi connectivity index (χ0) is 23.4. The molecule has 1 aliphatic rings. The first-order chi connectivity index (χ1) is 15.3. The summed E-state index contributed by atoms with van der Waals surface area (Å²) in [5.41, 5.74) is 0.557. The van der Waals surface area contributed by atoms with Crippen molar-refractivity contribution in [1.29, 1.82) is 0 Å². The molecule has 2 aromatic rings. The lowest BCUT2D eigenvalue weighted by Crippen LogP contribution is -2.48. The predicted octanol–water partition coefficient (Wildman–Crippen LogP) is 2.58. The van der Waals surface area contributed by atoms with Crippen LogP contribution in [0.4, 0.5) is 9.93 Å². The number of urea groups is 1. The monoisotopic (exact) mass is 460 g/mol. The van der Waals surface area contributed by atoms with E-state index in [-0.39, 0.29) is 23.2 Å². The number of para-hydroxylation sites is 1. The summed E-state index contributed by atoms with van der Waals surface area (Å²) in [5.74, 6) is -1.29. The molecule has 0 aliphatic carbocycles. The molecule has 2 N–H and O–H groups in total. The Labute approximate surface area is 188 Å². The maximum atomic E-state index is 13.2. The molecule has 0 saturated carbocycles. The fraction of sp³-hybridized carbons (Fsp3) is 0.381. The lowest BCUT2D eigenvalue weighted by atomic mass is 10.0. The Morgan fingerprint density at radius 3 is 2.62 bits per heavy atom. The fourth-order valence-electron chi connectivity index (χ4n) is 3.40. The summed E-state index contributed by atoms with van der Waals surface area (Å²) < 4.78 is 9.93. The van der Waals surface area contributed by atoms with Crippen LogP contribution in [-0.4, -0.2) is 54.0 Å². The summed E-state index contributed by atoms with van der Waals surface area (Å²) in [4.78, 5) is 55.7. The summed E-state index contributed by atoms with van der Waals surface area (Å²) in [6.07, 6.45) is 0.249. The second-order valence-electron chi connectivity index (χ2n) is 7.50. The number of rotatable bonds is 8. The summed E-state index contributed by atoms with van der Waals surface area (Å²) in [7, 11) is 2.71. The van der Waals surface area contributed by atoms with Gasteiger partial charge in [-0.1, -0.05) is 32.0 Å². The van der Waals surface area contributed by atoms with Crippen LogP contribution < -0.4 is 15.4 Å². The van der Waals surface area contributed by atoms with E-state index in [9.17, 15) is 19.2 Å². The maximum Gasteiger partial charge on any atom is 0.357 e. The highest BCUT2D eigenvalue weighted by atomic mass is 32.1. The van der Waals surface area contributed by atoms with Gasteiger partial charge >= 0.3 is 12.0 Å². The number of anilines is 1. The molecule has 32 heavy (non-hydrogen) atoms. The van der Waals surface area contributed by atoms with Crippen LogP contribution in [0.2, 0.25) is 0 Å². The molecule has 0 spiro atoms. The number of carbonyl (C=O) groups excluding carboxylic acids is 4. The van der Waals surface area contributed by atoms with Crippen LogP contribution in [-0.2, 0) is 14.3 Å². The number of aromatic nitrogens is 1. The number of nitrogens with zero attached hydrogens (tertiary/aromatic N) is 2. The number of ether oxygens (including phenoxy) is 2. The number of thiazole rings is 1. The molecule has 3 rings (SSSR count). The first-order valence-electron chi connectivity index (χ1n) is 9.88. The van der Waals surface area contributed by atoms with Gasteiger partial charge in [-0.15, -0.1) is 11.3 Å². The number of benzene rings is 1. The average Bonchev–Trinajstić information content (AvgIpc) is 3.35. The van der Waals surface area contributed by atoms with Crippen LogP contribution in [0.25, 0.3) is 0 Å². The molecular weight excluding hydrogens is 436 g/mol. The standard InChI is InChI=1S/C21H24N4O6S/c1-11(2)9-14(17(26)24-20-22-13(10-32-20)19(28)31-4)25-18(27)16(23-21(25)29)12-7-5-6-8-15(12)30-3/h5-8,10-11,14,16H,9H2,1-4H3,(H,23,29)(H,22,24,26)/t14-,16?/m0/s1. The molecule has 0 bridgehead atoms. The fourth-order valence-corrected chi connectivity index (χ4v) is 4.08. The van der Waals surface area contributed by atoms with Gasteiger partial charge in [0.25, 0.3) is 5.91 Å². The average molecular weight is 461 g/mol. The number of carbonyl (C=O) groups is 4. The number of imide groups is 1. The molecule has 2 atom stereocenters. The largest absolute Gasteiger partial charge is 0.496 e. The van der Waals surface area contributed by atoms with Crippen molar-refractivity contribution >= 4 is 40.3 Å². The number of methoxy groups -OCH3 is 2. The highest BCUT2D eigenvalue weighted by molar-refractivity contribution is 7.14. The van der Waals surface area contributed by atoms with E-state index in [1.165, 1.54) is 19.6 Å². The minimum Gasteiger partial charge on any atom is -0.496 e. The van der Waals surface area contributed by atoms with E-state index in [1.807, 2.05) is 13.8 Å². The lowest BCUT2D eigenvalue weighted by molar-refractivity contribution is -0.134. The topological polar surface area (TPSA) is 127 Å². The number of esters is 1. The Hall–Kier alpha value is -3.47. The molecule has 4 amide bonds. The van der Waals surface area contributed by atoms with Gasteiger partial charge in [0.15, 0.2) is 10.8 Å². The molecule has 11 heteroatoms. The van der Waals surface area contributed by atoms with Crippen molar-refractivity contribution in [1.82, 2.24) is 15.2 Å². The highest BCUT2D eigenvalue weighted by Crippen LogP contribution is 2.31. The molecule has 2 heterocycles. The van der Waals surface area contributed by atoms with Gasteiger partial charge in [-0.25, -0.2) is 19.5 Å². The second kappa shape index (κ2) is 9.77. The second-order valence-corrected chi connectivity index (χ2v) is 8.35. The normalized spacial score (nSPS) is 16.7. The highest BCUT2D eigenvalue weighted by Gasteiger charge is 2.46. The van der Waals surface area contributed by atoms with Gasteiger partial charge in [0.05, 0.1) is 14.2 Å². The van der Waals surface area contributed by atoms with Crippen LogP contribution in [0.15, 0.2) is 29.6 Å². The zero-order valence-electron chi connectivity index (χ0n) is 18.1. The lowest BCUT2D eigenvalue weighted by Gasteiger charge is -2.25. The minimum absolute atomic E-state index is 0.0126. The Kier molecular flexibility index (Phi) is 7.08. The Morgan fingerprint density at radius 2 is 1.97 bits per heavy atom. The van der Waals surface area contributed by atoms with Gasteiger partial charge in [-0.2, -0.15) is 0 Å². The van der Waals surface area contributed by atoms with Crippen molar-refractivity contribution in [3.8, 4) is 5.75 Å². The molecule has 170 valence electrons. The first kappa shape index (κ1) is 23.2. The molecule has 0 radical (unpaired) electrons. The third kappa shape index (κ3) is 4.72. The third-order valence-corrected chi connectivity index (χ3v) is 5.62. The summed E-state index contributed by atoms with van der Waals surface area (Å²) in [5, 5.41) is 6.86. The van der Waals surface area contributed by atoms with Crippen molar-refractivity contribution in [3.05, 3.63) is 40.9 Å². The van der Waals surface area contributed by atoms with Gasteiger partial charge in [-0.3, -0.25) is 9.59 Å². The van der Waals surface area contributed by atoms with E-state index in [0.717, 1.165) is 16.2 Å². The smallest absolute Gasteiger partial charge is 0.357 e. The van der Waals surface area contributed by atoms with E-state index in [2.05, 4.69) is 20.4 Å². The van der Waals surface area contributed by atoms with E-state index in [0.29, 0.717) is 11.3 Å². The van der Waals surface area contributed by atoms with Crippen LogP contribution in [0, 0.1) is 5.92 Å². The molecule has 1 aromatic carbocycles. The van der Waals surface area contributed by atoms with Crippen LogP contribution in [0.1, 0.15) is 42.4 Å². The van der Waals surface area contributed by atoms with E-state index < -0.39 is 35.9 Å². The van der Waals surface area contributed by atoms with E-state index in [4.69, 9.17) is 4.74 Å². The van der Waals surface area contributed by atoms with Gasteiger partial charge in [0, 0.05) is 10.9 Å². The van der Waals surface area contributed by atoms with Gasteiger partial charge < -0.3 is 20.1 Å². The Morgan fingerprint density at radius 1 is 1.25 bits per heavy atom. The zero-order valence-corrected chi connectivity index (χ0v) is 18.9. The molecule has 1 unspecified atom stereocenters. The molecule has 1 aliphatic heterocycles. The third-order valence-electron chi connectivity index (χ3n) is 4.86. The van der Waals surface area contributed by atoms with Crippen molar-refractivity contribution in [2.24, 2.45) is 5.92 Å². The van der Waals surface area contributed by atoms with Crippen LogP contribution in [0.5, 0.6) is 5.75 Å². The Bertz CT molecular complexity index is 1040. The van der Waals surface area contributed by atoms with Crippen LogP contribution >= 0.6 is 11.3 Å². The number of nitrogens with one attached hydrogen (secondary N) is 2. The number of hydrogen-bond donors (Lipinski definition) is 2. The van der Waals surface area contributed by atoms with Crippen molar-refractivity contribution < 1.29 is 28.7 Å². The predicted molar refractivity (Wildman–Crippen MR) is 116 cm³/mol. The Balaban J connectivity index is 1.85. The van der Waals surface area contributed by atoms with Crippen molar-refractivity contribution in [2.75, 3.05) is 19.5 Å². The quantitative estimate of drug-likeness (QED) is 0.458. The summed E-state index contributed by atoms with van der Waals surface area (Å²) >= 11 is 1.04. The van der Waals surface area contributed by atoms with E-state index >= 15 is 0 Å². The summed E-state index contributed by atoms with van der Waals surface area (Å²) in [6, 6.07) is 4.18. The first-order valence-corrected chi connectivity index (χ1v) is 10.8. The summed E-state index contributed by atoms with van der Waals surface area (Å²) in [6.45, 7) is 3.77. The van der Waals surface area contributed by atoms with Gasteiger partial charge in [0.1, 0.15) is 17.8 Å². The van der Waals surface area contributed by atoms with Crippen molar-refractivity contribution in [2.45, 2.75) is 32.4 Å².